The van der Waals surface area contributed by atoms with Crippen LogP contribution in [0.4, 0.5) is 0 Å². The first-order valence-corrected chi connectivity index (χ1v) is 12.2. The quantitative estimate of drug-likeness (QED) is 0.356. The molecule has 0 spiro atoms. The average Bonchev–Trinajstić information content (AvgIpc) is 2.89. The number of aromatic nitrogens is 1. The number of hydrogen-bond donors (Lipinski definition) is 2. The summed E-state index contributed by atoms with van der Waals surface area (Å²) in [5.41, 5.74) is 0.768. The van der Waals surface area contributed by atoms with Crippen molar-refractivity contribution in [1.82, 2.24) is 10.3 Å². The zero-order chi connectivity index (χ0) is 25.3. The van der Waals surface area contributed by atoms with E-state index in [1.807, 2.05) is 43.3 Å². The molecule has 0 fully saturated rings. The van der Waals surface area contributed by atoms with E-state index in [1.165, 1.54) is 24.9 Å². The highest BCUT2D eigenvalue weighted by Gasteiger charge is 2.31. The maximum absolute atomic E-state index is 12.8. The molecular formula is C27H30N2O5S. The van der Waals surface area contributed by atoms with Crippen molar-refractivity contribution in [2.45, 2.75) is 36.5 Å². The molecule has 1 aromatic heterocycles. The summed E-state index contributed by atoms with van der Waals surface area (Å²) in [6.45, 7) is 3.47. The highest BCUT2D eigenvalue weighted by Crippen LogP contribution is 2.36. The van der Waals surface area contributed by atoms with Gasteiger partial charge in [0.05, 0.1) is 25.1 Å². The number of carbonyl (C=O) groups excluding carboxylic acids is 2. The SMILES string of the molecule is COc1ccnc(C(=O)N[C@](C)(C=O)CO[C@@H](C)[C@H](SCc2ccccc2)c2ccccc2)c1O. The number of hydrogen-bond acceptors (Lipinski definition) is 7. The van der Waals surface area contributed by atoms with Gasteiger partial charge in [-0.2, -0.15) is 0 Å². The Labute approximate surface area is 209 Å². The van der Waals surface area contributed by atoms with Gasteiger partial charge in [-0.05, 0) is 25.0 Å². The predicted octanol–water partition coefficient (Wildman–Crippen LogP) is 4.56. The van der Waals surface area contributed by atoms with Crippen LogP contribution in [0.15, 0.2) is 72.9 Å². The zero-order valence-electron chi connectivity index (χ0n) is 20.0. The minimum absolute atomic E-state index is 0.00658. The number of carbonyl (C=O) groups is 2. The predicted molar refractivity (Wildman–Crippen MR) is 137 cm³/mol. The van der Waals surface area contributed by atoms with E-state index < -0.39 is 17.2 Å². The second-order valence-electron chi connectivity index (χ2n) is 8.34. The smallest absolute Gasteiger partial charge is 0.274 e. The number of aldehydes is 1. The molecule has 0 saturated heterocycles. The standard InChI is InChI=1S/C27H30N2O5S/c1-19(25(21-12-8-5-9-13-21)35-16-20-10-6-4-7-11-20)34-18-27(2,17-30)29-26(32)23-24(31)22(33-3)14-15-28-23/h4-15,17,19,25,31H,16,18H2,1-3H3,(H,29,32)/t19-,25-,27+/m0/s1. The van der Waals surface area contributed by atoms with Crippen molar-refractivity contribution in [3.05, 3.63) is 89.7 Å². The number of benzene rings is 2. The fourth-order valence-corrected chi connectivity index (χ4v) is 4.75. The third-order valence-corrected chi connectivity index (χ3v) is 6.97. The first-order valence-electron chi connectivity index (χ1n) is 11.2. The first kappa shape index (κ1) is 26.2. The van der Waals surface area contributed by atoms with Gasteiger partial charge in [0.15, 0.2) is 17.2 Å². The van der Waals surface area contributed by atoms with Crippen molar-refractivity contribution >= 4 is 24.0 Å². The van der Waals surface area contributed by atoms with Gasteiger partial charge in [-0.3, -0.25) is 4.79 Å². The number of nitrogens with one attached hydrogen (secondary N) is 1. The molecule has 35 heavy (non-hydrogen) atoms. The van der Waals surface area contributed by atoms with E-state index in [2.05, 4.69) is 34.6 Å². The van der Waals surface area contributed by atoms with Crippen LogP contribution in [0, 0.1) is 0 Å². The zero-order valence-corrected chi connectivity index (χ0v) is 20.8. The Morgan fingerprint density at radius 1 is 1.14 bits per heavy atom. The second kappa shape index (κ2) is 12.4. The molecular weight excluding hydrogens is 464 g/mol. The molecule has 8 heteroatoms. The molecule has 184 valence electrons. The number of amides is 1. The molecule has 0 aliphatic heterocycles. The molecule has 0 unspecified atom stereocenters. The molecule has 0 saturated carbocycles. The maximum atomic E-state index is 12.8. The summed E-state index contributed by atoms with van der Waals surface area (Å²) in [4.78, 5) is 28.6. The molecule has 0 aliphatic rings. The number of aromatic hydroxyl groups is 1. The summed E-state index contributed by atoms with van der Waals surface area (Å²) in [5.74, 6) is -0.179. The van der Waals surface area contributed by atoms with Crippen molar-refractivity contribution in [3.63, 3.8) is 0 Å². The molecule has 1 amide bonds. The molecule has 7 nitrogen and oxygen atoms in total. The molecule has 3 aromatic rings. The van der Waals surface area contributed by atoms with Gasteiger partial charge in [0.25, 0.3) is 5.91 Å². The average molecular weight is 495 g/mol. The lowest BCUT2D eigenvalue weighted by Crippen LogP contribution is -2.51. The summed E-state index contributed by atoms with van der Waals surface area (Å²) < 4.78 is 11.2. The van der Waals surface area contributed by atoms with Crippen molar-refractivity contribution in [1.29, 1.82) is 0 Å². The lowest BCUT2D eigenvalue weighted by Gasteiger charge is -2.30. The third-order valence-electron chi connectivity index (χ3n) is 5.45. The number of thioether (sulfide) groups is 1. The Morgan fingerprint density at radius 2 is 1.80 bits per heavy atom. The van der Waals surface area contributed by atoms with Gasteiger partial charge in [-0.25, -0.2) is 4.98 Å². The Morgan fingerprint density at radius 3 is 2.43 bits per heavy atom. The van der Waals surface area contributed by atoms with Crippen LogP contribution in [0.1, 0.15) is 40.7 Å². The van der Waals surface area contributed by atoms with Crippen LogP contribution in [0.2, 0.25) is 0 Å². The molecule has 0 aliphatic carbocycles. The normalized spacial score (nSPS) is 14.4. The van der Waals surface area contributed by atoms with Crippen LogP contribution in [0.5, 0.6) is 11.5 Å². The number of pyridine rings is 1. The third kappa shape index (κ3) is 7.07. The first-order chi connectivity index (χ1) is 16.9. The summed E-state index contributed by atoms with van der Waals surface area (Å²) in [7, 11) is 1.38. The largest absolute Gasteiger partial charge is 0.503 e. The van der Waals surface area contributed by atoms with Crippen LogP contribution >= 0.6 is 11.8 Å². The Hall–Kier alpha value is -3.36. The van der Waals surface area contributed by atoms with E-state index in [4.69, 9.17) is 9.47 Å². The topological polar surface area (TPSA) is 97.8 Å². The lowest BCUT2D eigenvalue weighted by atomic mass is 10.0. The van der Waals surface area contributed by atoms with Gasteiger partial charge in [0, 0.05) is 18.0 Å². The molecule has 1 heterocycles. The molecule has 0 bridgehead atoms. The molecule has 0 radical (unpaired) electrons. The van der Waals surface area contributed by atoms with Crippen molar-refractivity contribution in [2.75, 3.05) is 13.7 Å². The van der Waals surface area contributed by atoms with Gasteiger partial charge in [0.2, 0.25) is 0 Å². The van der Waals surface area contributed by atoms with Gasteiger partial charge in [-0.1, -0.05) is 60.7 Å². The van der Waals surface area contributed by atoms with E-state index in [1.54, 1.807) is 18.7 Å². The monoisotopic (exact) mass is 494 g/mol. The van der Waals surface area contributed by atoms with E-state index in [0.29, 0.717) is 6.29 Å². The van der Waals surface area contributed by atoms with Crippen molar-refractivity contribution in [2.24, 2.45) is 0 Å². The number of methoxy groups -OCH3 is 1. The summed E-state index contributed by atoms with van der Waals surface area (Å²) in [5, 5.41) is 12.9. The van der Waals surface area contributed by atoms with Gasteiger partial charge in [0.1, 0.15) is 11.8 Å². The Balaban J connectivity index is 1.69. The number of nitrogens with zero attached hydrogens (tertiary/aromatic N) is 1. The fraction of sp³-hybridized carbons (Fsp3) is 0.296. The summed E-state index contributed by atoms with van der Waals surface area (Å²) in [6, 6.07) is 21.7. The van der Waals surface area contributed by atoms with Crippen molar-refractivity contribution in [3.8, 4) is 11.5 Å². The van der Waals surface area contributed by atoms with Crippen LogP contribution in [-0.4, -0.2) is 47.6 Å². The Kier molecular flexibility index (Phi) is 9.28. The van der Waals surface area contributed by atoms with Crippen LogP contribution in [0.3, 0.4) is 0 Å². The van der Waals surface area contributed by atoms with Gasteiger partial charge >= 0.3 is 0 Å². The highest BCUT2D eigenvalue weighted by atomic mass is 32.2. The highest BCUT2D eigenvalue weighted by molar-refractivity contribution is 7.98. The van der Waals surface area contributed by atoms with Crippen LogP contribution in [0.25, 0.3) is 0 Å². The minimum atomic E-state index is -1.33. The summed E-state index contributed by atoms with van der Waals surface area (Å²) >= 11 is 1.75. The van der Waals surface area contributed by atoms with E-state index in [-0.39, 0.29) is 29.4 Å². The second-order valence-corrected chi connectivity index (χ2v) is 9.47. The molecule has 3 atom stereocenters. The van der Waals surface area contributed by atoms with E-state index >= 15 is 0 Å². The maximum Gasteiger partial charge on any atom is 0.274 e. The lowest BCUT2D eigenvalue weighted by molar-refractivity contribution is -0.115. The van der Waals surface area contributed by atoms with Crippen LogP contribution in [-0.2, 0) is 15.3 Å². The fourth-order valence-electron chi connectivity index (χ4n) is 3.48. The van der Waals surface area contributed by atoms with E-state index in [0.717, 1.165) is 11.3 Å². The Bertz CT molecular complexity index is 1110. The molecule has 2 N–H and O–H groups in total. The molecule has 3 rings (SSSR count). The molecule has 2 aromatic carbocycles. The number of ether oxygens (including phenoxy) is 2. The summed E-state index contributed by atoms with van der Waals surface area (Å²) in [6.07, 6.45) is 1.72. The van der Waals surface area contributed by atoms with E-state index in [9.17, 15) is 14.7 Å². The van der Waals surface area contributed by atoms with Gasteiger partial charge < -0.3 is 24.7 Å². The van der Waals surface area contributed by atoms with Gasteiger partial charge in [-0.15, -0.1) is 11.8 Å². The van der Waals surface area contributed by atoms with Crippen molar-refractivity contribution < 1.29 is 24.2 Å². The van der Waals surface area contributed by atoms with Crippen LogP contribution < -0.4 is 10.1 Å². The number of rotatable bonds is 12. The minimum Gasteiger partial charge on any atom is -0.503 e.